The highest BCUT2D eigenvalue weighted by molar-refractivity contribution is 8.13. The summed E-state index contributed by atoms with van der Waals surface area (Å²) < 4.78 is 12.4. The third-order valence-corrected chi connectivity index (χ3v) is 6.08. The van der Waals surface area contributed by atoms with Gasteiger partial charge in [-0.15, -0.1) is 0 Å². The minimum atomic E-state index is -0.498. The number of hydrogen-bond acceptors (Lipinski definition) is 5. The van der Waals surface area contributed by atoms with Crippen molar-refractivity contribution in [3.05, 3.63) is 47.4 Å². The summed E-state index contributed by atoms with van der Waals surface area (Å²) in [7, 11) is -0.498. The summed E-state index contributed by atoms with van der Waals surface area (Å²) in [4.78, 5) is 11.5. The van der Waals surface area contributed by atoms with E-state index in [0.29, 0.717) is 5.75 Å². The van der Waals surface area contributed by atoms with Crippen LogP contribution in [0.1, 0.15) is 40.2 Å². The summed E-state index contributed by atoms with van der Waals surface area (Å²) in [6.07, 6.45) is 2.02. The quantitative estimate of drug-likeness (QED) is 0.765. The van der Waals surface area contributed by atoms with E-state index in [9.17, 15) is 9.90 Å². The first-order chi connectivity index (χ1) is 12.6. The number of hydrogen-bond donors (Lipinski definition) is 1. The molecule has 2 aromatic rings. The molecule has 1 fully saturated rings. The van der Waals surface area contributed by atoms with Crippen molar-refractivity contribution in [1.29, 1.82) is 0 Å². The number of phenolic OH excluding ortho intramolecular Hbond substituents is 1. The predicted octanol–water partition coefficient (Wildman–Crippen LogP) is 4.84. The molecule has 6 heteroatoms. The number of phenols is 1. The Labute approximate surface area is 165 Å². The zero-order chi connectivity index (χ0) is 19.8. The number of carbonyl (C=O) groups excluding carboxylic acids is 1. The average molecular weight is 384 g/mol. The van der Waals surface area contributed by atoms with Crippen LogP contribution in [0.25, 0.3) is 16.8 Å². The number of rotatable bonds is 4. The van der Waals surface area contributed by atoms with E-state index in [0.717, 1.165) is 21.8 Å². The van der Waals surface area contributed by atoms with Crippen LogP contribution in [0.2, 0.25) is 0 Å². The van der Waals surface area contributed by atoms with E-state index < -0.39 is 18.3 Å². The molecular formula is C21H25BO4S. The smallest absolute Gasteiger partial charge is 0.491 e. The molecule has 2 aromatic carbocycles. The molecule has 0 saturated carbocycles. The lowest BCUT2D eigenvalue weighted by molar-refractivity contribution is -0.109. The third-order valence-electron chi connectivity index (χ3n) is 5.20. The Morgan fingerprint density at radius 1 is 1.07 bits per heavy atom. The van der Waals surface area contributed by atoms with Gasteiger partial charge >= 0.3 is 7.12 Å². The highest BCUT2D eigenvalue weighted by Gasteiger charge is 2.52. The van der Waals surface area contributed by atoms with Gasteiger partial charge in [-0.3, -0.25) is 4.79 Å². The van der Waals surface area contributed by atoms with Crippen molar-refractivity contribution in [2.75, 3.05) is 5.75 Å². The van der Waals surface area contributed by atoms with Gasteiger partial charge < -0.3 is 14.4 Å². The van der Waals surface area contributed by atoms with E-state index in [1.807, 2.05) is 58.0 Å². The largest absolute Gasteiger partial charge is 0.508 e. The second kappa shape index (κ2) is 7.34. The number of fused-ring (bicyclic) bond motifs is 1. The summed E-state index contributed by atoms with van der Waals surface area (Å²) in [6, 6.07) is 11.4. The Balaban J connectivity index is 1.96. The van der Waals surface area contributed by atoms with Crippen LogP contribution < -0.4 is 0 Å². The number of benzene rings is 2. The summed E-state index contributed by atoms with van der Waals surface area (Å²) >= 11 is 1.24. The molecule has 0 amide bonds. The lowest BCUT2D eigenvalue weighted by atomic mass is 9.78. The molecule has 1 heterocycles. The second-order valence-corrected chi connectivity index (χ2v) is 9.03. The van der Waals surface area contributed by atoms with Gasteiger partial charge in [0.2, 0.25) is 0 Å². The van der Waals surface area contributed by atoms with E-state index in [-0.39, 0.29) is 10.9 Å². The van der Waals surface area contributed by atoms with Crippen molar-refractivity contribution in [2.45, 2.75) is 45.8 Å². The molecule has 0 radical (unpaired) electrons. The fourth-order valence-electron chi connectivity index (χ4n) is 2.91. The SMILES string of the molecule is CC(=O)SCC(=Cc1ccc2ccc(O)cc2c1)B1OC(C)(C)C(C)(C)O1. The molecule has 1 N–H and O–H groups in total. The molecule has 0 aliphatic carbocycles. The fourth-order valence-corrected chi connectivity index (χ4v) is 3.50. The van der Waals surface area contributed by atoms with Crippen LogP contribution in [0, 0.1) is 0 Å². The molecule has 0 unspecified atom stereocenters. The van der Waals surface area contributed by atoms with Crippen LogP contribution in [0.5, 0.6) is 5.75 Å². The molecule has 4 nitrogen and oxygen atoms in total. The lowest BCUT2D eigenvalue weighted by Crippen LogP contribution is -2.41. The Bertz CT molecular complexity index is 888. The van der Waals surface area contributed by atoms with E-state index in [1.54, 1.807) is 19.1 Å². The van der Waals surface area contributed by atoms with Gasteiger partial charge in [0.05, 0.1) is 11.2 Å². The van der Waals surface area contributed by atoms with Crippen molar-refractivity contribution in [3.8, 4) is 5.75 Å². The van der Waals surface area contributed by atoms with E-state index in [2.05, 4.69) is 0 Å². The van der Waals surface area contributed by atoms with Gasteiger partial charge in [0.1, 0.15) is 5.75 Å². The van der Waals surface area contributed by atoms with Crippen molar-refractivity contribution in [1.82, 2.24) is 0 Å². The van der Waals surface area contributed by atoms with E-state index >= 15 is 0 Å². The number of aromatic hydroxyl groups is 1. The van der Waals surface area contributed by atoms with Gasteiger partial charge in [-0.1, -0.05) is 36.0 Å². The third kappa shape index (κ3) is 4.40. The van der Waals surface area contributed by atoms with Gasteiger partial charge in [-0.05, 0) is 67.7 Å². The monoisotopic (exact) mass is 384 g/mol. The molecule has 142 valence electrons. The first-order valence-corrected chi connectivity index (χ1v) is 9.98. The topological polar surface area (TPSA) is 55.8 Å². The maximum atomic E-state index is 11.5. The minimum Gasteiger partial charge on any atom is -0.508 e. The molecule has 3 rings (SSSR count). The van der Waals surface area contributed by atoms with Gasteiger partial charge in [-0.2, -0.15) is 0 Å². The predicted molar refractivity (Wildman–Crippen MR) is 113 cm³/mol. The first kappa shape index (κ1) is 20.0. The second-order valence-electron chi connectivity index (χ2n) is 7.88. The summed E-state index contributed by atoms with van der Waals surface area (Å²) in [5, 5.41) is 11.8. The molecule has 1 aliphatic rings. The van der Waals surface area contributed by atoms with Crippen LogP contribution in [0.4, 0.5) is 0 Å². The van der Waals surface area contributed by atoms with Gasteiger partial charge in [0, 0.05) is 12.7 Å². The maximum absolute atomic E-state index is 11.5. The number of carbonyl (C=O) groups is 1. The number of thioether (sulfide) groups is 1. The van der Waals surface area contributed by atoms with Crippen molar-refractivity contribution in [3.63, 3.8) is 0 Å². The van der Waals surface area contributed by atoms with Gasteiger partial charge in [-0.25, -0.2) is 0 Å². The molecule has 0 bridgehead atoms. The van der Waals surface area contributed by atoms with Crippen molar-refractivity contribution in [2.24, 2.45) is 0 Å². The summed E-state index contributed by atoms with van der Waals surface area (Å²) in [6.45, 7) is 9.62. The molecule has 1 saturated heterocycles. The van der Waals surface area contributed by atoms with Crippen LogP contribution in [0.15, 0.2) is 41.9 Å². The lowest BCUT2D eigenvalue weighted by Gasteiger charge is -2.32. The van der Waals surface area contributed by atoms with Crippen LogP contribution in [-0.4, -0.2) is 34.3 Å². The van der Waals surface area contributed by atoms with Gasteiger partial charge in [0.25, 0.3) is 0 Å². The molecule has 1 aliphatic heterocycles. The fraction of sp³-hybridized carbons (Fsp3) is 0.381. The highest BCUT2D eigenvalue weighted by Crippen LogP contribution is 2.39. The Morgan fingerprint density at radius 2 is 1.70 bits per heavy atom. The van der Waals surface area contributed by atoms with Crippen molar-refractivity contribution < 1.29 is 19.2 Å². The average Bonchev–Trinajstić information content (AvgIpc) is 2.78. The zero-order valence-corrected chi connectivity index (χ0v) is 17.2. The van der Waals surface area contributed by atoms with E-state index in [4.69, 9.17) is 9.31 Å². The Morgan fingerprint density at radius 3 is 2.33 bits per heavy atom. The Hall–Kier alpha value is -1.76. The normalized spacial score (nSPS) is 18.9. The molecule has 0 spiro atoms. The van der Waals surface area contributed by atoms with Crippen LogP contribution in [-0.2, 0) is 14.1 Å². The maximum Gasteiger partial charge on any atom is 0.491 e. The Kier molecular flexibility index (Phi) is 5.44. The molecular weight excluding hydrogens is 359 g/mol. The van der Waals surface area contributed by atoms with Crippen LogP contribution in [0.3, 0.4) is 0 Å². The highest BCUT2D eigenvalue weighted by atomic mass is 32.2. The molecule has 0 atom stereocenters. The zero-order valence-electron chi connectivity index (χ0n) is 16.4. The van der Waals surface area contributed by atoms with Crippen molar-refractivity contribution >= 4 is 40.8 Å². The summed E-state index contributed by atoms with van der Waals surface area (Å²) in [5.74, 6) is 0.742. The molecule has 0 aromatic heterocycles. The van der Waals surface area contributed by atoms with Gasteiger partial charge in [0.15, 0.2) is 5.12 Å². The van der Waals surface area contributed by atoms with Crippen LogP contribution >= 0.6 is 11.8 Å². The van der Waals surface area contributed by atoms with E-state index in [1.165, 1.54) is 11.8 Å². The first-order valence-electron chi connectivity index (χ1n) is 9.00. The minimum absolute atomic E-state index is 0.0563. The standard InChI is InChI=1S/C21H25BO4S/c1-14(23)27-13-18(22-25-20(2,3)21(4,5)26-22)11-15-6-7-16-8-9-19(24)12-17(16)10-15/h6-12,24H,13H2,1-5H3. The summed E-state index contributed by atoms with van der Waals surface area (Å²) in [5.41, 5.74) is 1.01. The molecule has 27 heavy (non-hydrogen) atoms.